The van der Waals surface area contributed by atoms with Crippen molar-refractivity contribution >= 4 is 11.6 Å². The molecular weight excluding hydrogens is 238 g/mol. The van der Waals surface area contributed by atoms with Crippen molar-refractivity contribution in [3.63, 3.8) is 0 Å². The number of rotatable bonds is 3. The van der Waals surface area contributed by atoms with E-state index in [1.807, 2.05) is 19.9 Å². The number of hydrogen-bond acceptors (Lipinski definition) is 3. The third kappa shape index (κ3) is 2.48. The molecule has 2 aromatic rings. The molecule has 0 aliphatic carbocycles. The van der Waals surface area contributed by atoms with E-state index >= 15 is 0 Å². The molecular formula is C12H14ClN3O. The van der Waals surface area contributed by atoms with Crippen molar-refractivity contribution in [3.8, 4) is 5.69 Å². The van der Waals surface area contributed by atoms with Crippen LogP contribution < -0.4 is 0 Å². The quantitative estimate of drug-likeness (QED) is 0.913. The number of aliphatic hydroxyl groups is 1. The Morgan fingerprint density at radius 1 is 1.47 bits per heavy atom. The van der Waals surface area contributed by atoms with Gasteiger partial charge in [0.1, 0.15) is 0 Å². The molecule has 0 saturated carbocycles. The van der Waals surface area contributed by atoms with Crippen molar-refractivity contribution in [1.82, 2.24) is 14.8 Å². The molecule has 1 atom stereocenters. The van der Waals surface area contributed by atoms with E-state index in [0.717, 1.165) is 11.4 Å². The topological polar surface area (TPSA) is 50.9 Å². The standard InChI is InChI=1S/C12H14ClN3O/c1-3-12(17)11-5-4-9(6-14-11)16-7-10(13)8(2)15-16/h4-7,12,17H,3H2,1-2H3/t12-/m0/s1. The zero-order valence-electron chi connectivity index (χ0n) is 9.76. The van der Waals surface area contributed by atoms with E-state index in [2.05, 4.69) is 10.1 Å². The second-order valence-electron chi connectivity index (χ2n) is 3.87. The number of aromatic nitrogens is 3. The Morgan fingerprint density at radius 3 is 2.71 bits per heavy atom. The number of nitrogens with zero attached hydrogens (tertiary/aromatic N) is 3. The highest BCUT2D eigenvalue weighted by Crippen LogP contribution is 2.18. The summed E-state index contributed by atoms with van der Waals surface area (Å²) < 4.78 is 1.67. The Bertz CT molecular complexity index is 487. The molecule has 2 aromatic heterocycles. The van der Waals surface area contributed by atoms with Gasteiger partial charge in [-0.1, -0.05) is 18.5 Å². The van der Waals surface area contributed by atoms with E-state index in [4.69, 9.17) is 11.6 Å². The van der Waals surface area contributed by atoms with Crippen LogP contribution in [0.15, 0.2) is 24.5 Å². The van der Waals surface area contributed by atoms with Gasteiger partial charge in [-0.3, -0.25) is 4.98 Å². The first-order valence-corrected chi connectivity index (χ1v) is 5.85. The molecule has 1 N–H and O–H groups in total. The zero-order valence-corrected chi connectivity index (χ0v) is 10.5. The van der Waals surface area contributed by atoms with Crippen LogP contribution in [0.2, 0.25) is 5.02 Å². The minimum absolute atomic E-state index is 0.507. The highest BCUT2D eigenvalue weighted by Gasteiger charge is 2.08. The van der Waals surface area contributed by atoms with Crippen LogP contribution in [-0.2, 0) is 0 Å². The van der Waals surface area contributed by atoms with Crippen molar-refractivity contribution in [2.45, 2.75) is 26.4 Å². The van der Waals surface area contributed by atoms with Crippen LogP contribution in [0.1, 0.15) is 30.8 Å². The number of aryl methyl sites for hydroxylation is 1. The van der Waals surface area contributed by atoms with Crippen molar-refractivity contribution < 1.29 is 5.11 Å². The molecule has 0 fully saturated rings. The molecule has 4 nitrogen and oxygen atoms in total. The summed E-state index contributed by atoms with van der Waals surface area (Å²) in [5, 5.41) is 14.5. The Hall–Kier alpha value is -1.39. The number of hydrogen-bond donors (Lipinski definition) is 1. The molecule has 0 aliphatic rings. The predicted octanol–water partition coefficient (Wildman–Crippen LogP) is 2.67. The zero-order chi connectivity index (χ0) is 12.4. The molecule has 0 unspecified atom stereocenters. The molecule has 0 spiro atoms. The first-order valence-electron chi connectivity index (χ1n) is 5.48. The highest BCUT2D eigenvalue weighted by atomic mass is 35.5. The summed E-state index contributed by atoms with van der Waals surface area (Å²) in [5.74, 6) is 0. The smallest absolute Gasteiger partial charge is 0.0957 e. The van der Waals surface area contributed by atoms with Crippen LogP contribution in [0.25, 0.3) is 5.69 Å². The SMILES string of the molecule is CC[C@H](O)c1ccc(-n2cc(Cl)c(C)n2)cn1. The van der Waals surface area contributed by atoms with E-state index in [1.54, 1.807) is 23.1 Å². The van der Waals surface area contributed by atoms with Gasteiger partial charge in [0.15, 0.2) is 0 Å². The summed E-state index contributed by atoms with van der Waals surface area (Å²) in [4.78, 5) is 4.21. The number of halogens is 1. The van der Waals surface area contributed by atoms with Crippen LogP contribution >= 0.6 is 11.6 Å². The first-order chi connectivity index (χ1) is 8.11. The minimum atomic E-state index is -0.507. The Balaban J connectivity index is 2.29. The normalized spacial score (nSPS) is 12.7. The summed E-state index contributed by atoms with van der Waals surface area (Å²) in [6.45, 7) is 3.76. The summed E-state index contributed by atoms with van der Waals surface area (Å²) in [6, 6.07) is 3.67. The van der Waals surface area contributed by atoms with Crippen LogP contribution in [-0.4, -0.2) is 19.9 Å². The highest BCUT2D eigenvalue weighted by molar-refractivity contribution is 6.31. The lowest BCUT2D eigenvalue weighted by molar-refractivity contribution is 0.169. The van der Waals surface area contributed by atoms with E-state index < -0.39 is 6.10 Å². The second kappa shape index (κ2) is 4.85. The molecule has 2 heterocycles. The van der Waals surface area contributed by atoms with Gasteiger partial charge in [0.2, 0.25) is 0 Å². The van der Waals surface area contributed by atoms with Gasteiger partial charge in [0.05, 0.1) is 34.4 Å². The van der Waals surface area contributed by atoms with Crippen LogP contribution in [0.3, 0.4) is 0 Å². The van der Waals surface area contributed by atoms with Gasteiger partial charge in [0, 0.05) is 6.20 Å². The lowest BCUT2D eigenvalue weighted by Gasteiger charge is -2.07. The van der Waals surface area contributed by atoms with Gasteiger partial charge in [-0.05, 0) is 25.5 Å². The molecule has 17 heavy (non-hydrogen) atoms. The van der Waals surface area contributed by atoms with Gasteiger partial charge in [-0.25, -0.2) is 4.68 Å². The van der Waals surface area contributed by atoms with E-state index in [9.17, 15) is 5.11 Å². The van der Waals surface area contributed by atoms with Gasteiger partial charge >= 0.3 is 0 Å². The van der Waals surface area contributed by atoms with Crippen molar-refractivity contribution in [3.05, 3.63) is 40.9 Å². The Kier molecular flexibility index (Phi) is 3.45. The van der Waals surface area contributed by atoms with Gasteiger partial charge in [0.25, 0.3) is 0 Å². The predicted molar refractivity (Wildman–Crippen MR) is 66.4 cm³/mol. The summed E-state index contributed by atoms with van der Waals surface area (Å²) in [7, 11) is 0. The van der Waals surface area contributed by atoms with Crippen LogP contribution in [0, 0.1) is 6.92 Å². The van der Waals surface area contributed by atoms with Crippen molar-refractivity contribution in [1.29, 1.82) is 0 Å². The minimum Gasteiger partial charge on any atom is -0.387 e. The molecule has 0 aromatic carbocycles. The molecule has 2 rings (SSSR count). The summed E-state index contributed by atoms with van der Waals surface area (Å²) >= 11 is 5.94. The van der Waals surface area contributed by atoms with Crippen LogP contribution in [0.4, 0.5) is 0 Å². The molecule has 5 heteroatoms. The van der Waals surface area contributed by atoms with Crippen LogP contribution in [0.5, 0.6) is 0 Å². The fourth-order valence-electron chi connectivity index (χ4n) is 1.51. The fourth-order valence-corrected chi connectivity index (χ4v) is 1.64. The number of pyridine rings is 1. The molecule has 0 saturated heterocycles. The Labute approximate surface area is 105 Å². The average molecular weight is 252 g/mol. The molecule has 0 aliphatic heterocycles. The Morgan fingerprint density at radius 2 is 2.24 bits per heavy atom. The summed E-state index contributed by atoms with van der Waals surface area (Å²) in [5.41, 5.74) is 2.28. The maximum absolute atomic E-state index is 9.63. The maximum Gasteiger partial charge on any atom is 0.0957 e. The molecule has 0 radical (unpaired) electrons. The van der Waals surface area contributed by atoms with Crippen molar-refractivity contribution in [2.24, 2.45) is 0 Å². The van der Waals surface area contributed by atoms with E-state index in [-0.39, 0.29) is 0 Å². The molecule has 0 amide bonds. The van der Waals surface area contributed by atoms with Crippen molar-refractivity contribution in [2.75, 3.05) is 0 Å². The molecule has 0 bridgehead atoms. The van der Waals surface area contributed by atoms with E-state index in [0.29, 0.717) is 17.1 Å². The van der Waals surface area contributed by atoms with Gasteiger partial charge in [-0.15, -0.1) is 0 Å². The average Bonchev–Trinajstić information content (AvgIpc) is 2.69. The monoisotopic (exact) mass is 251 g/mol. The number of aliphatic hydroxyl groups excluding tert-OH is 1. The summed E-state index contributed by atoms with van der Waals surface area (Å²) in [6.07, 6.45) is 3.56. The maximum atomic E-state index is 9.63. The lowest BCUT2D eigenvalue weighted by Crippen LogP contribution is -2.01. The first kappa shape index (κ1) is 12.1. The third-order valence-electron chi connectivity index (χ3n) is 2.60. The fraction of sp³-hybridized carbons (Fsp3) is 0.333. The molecule has 90 valence electrons. The lowest BCUT2D eigenvalue weighted by atomic mass is 10.2. The second-order valence-corrected chi connectivity index (χ2v) is 4.28. The van der Waals surface area contributed by atoms with E-state index in [1.165, 1.54) is 0 Å². The van der Waals surface area contributed by atoms with Gasteiger partial charge in [-0.2, -0.15) is 5.10 Å². The van der Waals surface area contributed by atoms with Gasteiger partial charge < -0.3 is 5.11 Å². The largest absolute Gasteiger partial charge is 0.387 e. The third-order valence-corrected chi connectivity index (χ3v) is 2.97.